The van der Waals surface area contributed by atoms with Crippen LogP contribution in [0, 0.1) is 0 Å². The highest BCUT2D eigenvalue weighted by Gasteiger charge is 2.10. The van der Waals surface area contributed by atoms with Crippen molar-refractivity contribution in [3.8, 4) is 0 Å². The van der Waals surface area contributed by atoms with Crippen LogP contribution in [0.1, 0.15) is 24.8 Å². The van der Waals surface area contributed by atoms with Crippen molar-refractivity contribution in [2.45, 2.75) is 19.3 Å². The highest BCUT2D eigenvalue weighted by atomic mass is 31.1. The molecule has 0 aliphatic heterocycles. The normalized spacial score (nSPS) is 12.6. The van der Waals surface area contributed by atoms with E-state index in [9.17, 15) is 0 Å². The summed E-state index contributed by atoms with van der Waals surface area (Å²) in [5.74, 6) is 2.96. The zero-order valence-electron chi connectivity index (χ0n) is 14.0. The van der Waals surface area contributed by atoms with Crippen molar-refractivity contribution in [2.75, 3.05) is 0 Å². The van der Waals surface area contributed by atoms with E-state index in [2.05, 4.69) is 110 Å². The molecule has 0 fully saturated rings. The van der Waals surface area contributed by atoms with E-state index in [1.54, 1.807) is 0 Å². The van der Waals surface area contributed by atoms with E-state index in [-0.39, 0.29) is 0 Å². The summed E-state index contributed by atoms with van der Waals surface area (Å²) in [4.78, 5) is 0. The molecule has 24 heavy (non-hydrogen) atoms. The average molecular weight is 330 g/mol. The summed E-state index contributed by atoms with van der Waals surface area (Å²) >= 11 is 0. The molecule has 1 atom stereocenters. The molecular weight excluding hydrogens is 307 g/mol. The maximum absolute atomic E-state index is 2.42. The molecular formula is C23H23P. The van der Waals surface area contributed by atoms with Gasteiger partial charge in [-0.15, -0.1) is 0 Å². The van der Waals surface area contributed by atoms with E-state index >= 15 is 0 Å². The first-order chi connectivity index (χ1) is 11.8. The second-order valence-corrected chi connectivity index (χ2v) is 8.04. The molecule has 0 saturated heterocycles. The van der Waals surface area contributed by atoms with Crippen LogP contribution in [-0.4, -0.2) is 0 Å². The monoisotopic (exact) mass is 330 g/mol. The minimum atomic E-state index is -0.431. The molecule has 0 aromatic heterocycles. The Hall–Kier alpha value is -2.17. The van der Waals surface area contributed by atoms with Crippen molar-refractivity contribution in [3.63, 3.8) is 0 Å². The molecule has 0 amide bonds. The van der Waals surface area contributed by atoms with Crippen LogP contribution in [-0.2, 0) is 0 Å². The Bertz CT molecular complexity index is 708. The fourth-order valence-corrected chi connectivity index (χ4v) is 4.75. The van der Waals surface area contributed by atoms with E-state index in [0.29, 0.717) is 5.92 Å². The van der Waals surface area contributed by atoms with Crippen LogP contribution in [0.15, 0.2) is 103 Å². The van der Waals surface area contributed by atoms with Gasteiger partial charge in [0.1, 0.15) is 0 Å². The second kappa shape index (κ2) is 8.62. The Balaban J connectivity index is 1.77. The first-order valence-electron chi connectivity index (χ1n) is 8.45. The van der Waals surface area contributed by atoms with Gasteiger partial charge in [-0.05, 0) is 36.4 Å². The molecule has 0 bridgehead atoms. The summed E-state index contributed by atoms with van der Waals surface area (Å²) in [7, 11) is -0.431. The fourth-order valence-electron chi connectivity index (χ4n) is 2.79. The van der Waals surface area contributed by atoms with Crippen molar-refractivity contribution < 1.29 is 0 Å². The van der Waals surface area contributed by atoms with Crippen LogP contribution in [0.25, 0.3) is 0 Å². The quantitative estimate of drug-likeness (QED) is 0.499. The third-order valence-corrected chi connectivity index (χ3v) is 6.40. The summed E-state index contributed by atoms with van der Waals surface area (Å²) in [6.07, 6.45) is 3.44. The predicted octanol–water partition coefficient (Wildman–Crippen LogP) is 5.83. The van der Waals surface area contributed by atoms with Gasteiger partial charge < -0.3 is 0 Å². The fraction of sp³-hybridized carbons (Fsp3) is 0.130. The molecule has 120 valence electrons. The van der Waals surface area contributed by atoms with Crippen LogP contribution in [0.4, 0.5) is 0 Å². The van der Waals surface area contributed by atoms with Crippen LogP contribution < -0.4 is 10.6 Å². The predicted molar refractivity (Wildman–Crippen MR) is 108 cm³/mol. The van der Waals surface area contributed by atoms with E-state index in [0.717, 1.165) is 6.42 Å². The first kappa shape index (κ1) is 16.7. The zero-order valence-corrected chi connectivity index (χ0v) is 14.9. The lowest BCUT2D eigenvalue weighted by atomic mass is 9.98. The smallest absolute Gasteiger partial charge is 0.0156 e. The number of hydrogen-bond acceptors (Lipinski definition) is 0. The van der Waals surface area contributed by atoms with Gasteiger partial charge in [-0.3, -0.25) is 0 Å². The summed E-state index contributed by atoms with van der Waals surface area (Å²) in [6, 6.07) is 32.4. The Morgan fingerprint density at radius 2 is 1.17 bits per heavy atom. The number of allylic oxidation sites excluding steroid dienone is 1. The Kier molecular flexibility index (Phi) is 5.99. The third kappa shape index (κ3) is 4.43. The Labute approximate surface area is 146 Å². The van der Waals surface area contributed by atoms with Crippen molar-refractivity contribution in [1.82, 2.24) is 0 Å². The van der Waals surface area contributed by atoms with Gasteiger partial charge in [0.05, 0.1) is 0 Å². The molecule has 0 spiro atoms. The van der Waals surface area contributed by atoms with Crippen molar-refractivity contribution >= 4 is 18.5 Å². The molecule has 3 aromatic carbocycles. The van der Waals surface area contributed by atoms with Gasteiger partial charge in [0.15, 0.2) is 0 Å². The molecule has 0 saturated carbocycles. The molecule has 0 aliphatic carbocycles. The van der Waals surface area contributed by atoms with E-state index in [4.69, 9.17) is 0 Å². The van der Waals surface area contributed by atoms with Crippen molar-refractivity contribution in [2.24, 2.45) is 0 Å². The van der Waals surface area contributed by atoms with Crippen molar-refractivity contribution in [3.05, 3.63) is 108 Å². The summed E-state index contributed by atoms with van der Waals surface area (Å²) in [5, 5.41) is 2.81. The van der Waals surface area contributed by atoms with Crippen LogP contribution >= 0.6 is 7.92 Å². The zero-order chi connectivity index (χ0) is 16.6. The SMILES string of the molecule is CC(C/C=C\P(c1ccccc1)c1ccccc1)c1ccccc1. The molecule has 3 aromatic rings. The van der Waals surface area contributed by atoms with Gasteiger partial charge >= 0.3 is 0 Å². The summed E-state index contributed by atoms with van der Waals surface area (Å²) < 4.78 is 0. The summed E-state index contributed by atoms with van der Waals surface area (Å²) in [5.41, 5.74) is 1.41. The average Bonchev–Trinajstić information content (AvgIpc) is 2.67. The first-order valence-corrected chi connectivity index (χ1v) is 9.86. The highest BCUT2D eigenvalue weighted by molar-refractivity contribution is 7.75. The molecule has 0 radical (unpaired) electrons. The molecule has 0 nitrogen and oxygen atoms in total. The van der Waals surface area contributed by atoms with Gasteiger partial charge in [0.2, 0.25) is 0 Å². The molecule has 1 heteroatoms. The van der Waals surface area contributed by atoms with E-state index in [1.165, 1.54) is 16.2 Å². The third-order valence-electron chi connectivity index (χ3n) is 4.18. The second-order valence-electron chi connectivity index (χ2n) is 5.97. The molecule has 0 aliphatic rings. The minimum absolute atomic E-state index is 0.431. The van der Waals surface area contributed by atoms with E-state index < -0.39 is 7.92 Å². The van der Waals surface area contributed by atoms with Crippen LogP contribution in [0.3, 0.4) is 0 Å². The topological polar surface area (TPSA) is 0 Å². The lowest BCUT2D eigenvalue weighted by molar-refractivity contribution is 0.781. The maximum atomic E-state index is 2.42. The van der Waals surface area contributed by atoms with E-state index in [1.807, 2.05) is 0 Å². The highest BCUT2D eigenvalue weighted by Crippen LogP contribution is 2.35. The molecule has 3 rings (SSSR count). The minimum Gasteiger partial charge on any atom is -0.0828 e. The van der Waals surface area contributed by atoms with Crippen LogP contribution in [0.5, 0.6) is 0 Å². The van der Waals surface area contributed by atoms with Gasteiger partial charge in [-0.1, -0.05) is 110 Å². The number of rotatable bonds is 6. The molecule has 1 unspecified atom stereocenters. The molecule has 0 N–H and O–H groups in total. The number of hydrogen-bond donors (Lipinski definition) is 0. The van der Waals surface area contributed by atoms with Gasteiger partial charge in [-0.25, -0.2) is 0 Å². The standard InChI is InChI=1S/C23H23P/c1-20(21-13-5-2-6-14-21)12-11-19-24(22-15-7-3-8-16-22)23-17-9-4-10-18-23/h2-11,13-20H,12H2,1H3/b19-11-. The van der Waals surface area contributed by atoms with Gasteiger partial charge in [0, 0.05) is 0 Å². The maximum Gasteiger partial charge on any atom is -0.0156 e. The largest absolute Gasteiger partial charge is 0.0828 e. The number of benzene rings is 3. The summed E-state index contributed by atoms with van der Waals surface area (Å²) in [6.45, 7) is 2.30. The van der Waals surface area contributed by atoms with Gasteiger partial charge in [0.25, 0.3) is 0 Å². The Morgan fingerprint density at radius 3 is 1.67 bits per heavy atom. The lowest BCUT2D eigenvalue weighted by Gasteiger charge is -2.15. The van der Waals surface area contributed by atoms with Crippen molar-refractivity contribution in [1.29, 1.82) is 0 Å². The molecule has 0 heterocycles. The van der Waals surface area contributed by atoms with Gasteiger partial charge in [-0.2, -0.15) is 0 Å². The van der Waals surface area contributed by atoms with Crippen LogP contribution in [0.2, 0.25) is 0 Å². The Morgan fingerprint density at radius 1 is 0.708 bits per heavy atom. The lowest BCUT2D eigenvalue weighted by Crippen LogP contribution is -2.09.